The Balaban J connectivity index is 1.25. The van der Waals surface area contributed by atoms with Crippen LogP contribution in [0.15, 0.2) is 89.8 Å². The first-order valence-corrected chi connectivity index (χ1v) is 15.3. The highest BCUT2D eigenvalue weighted by Crippen LogP contribution is 2.61. The highest BCUT2D eigenvalue weighted by molar-refractivity contribution is 7.92. The molecule has 0 saturated heterocycles. The van der Waals surface area contributed by atoms with Crippen LogP contribution in [0.5, 0.6) is 0 Å². The molecule has 1 atom stereocenters. The fourth-order valence-electron chi connectivity index (χ4n) is 7.72. The van der Waals surface area contributed by atoms with Gasteiger partial charge < -0.3 is 5.32 Å². The van der Waals surface area contributed by atoms with Crippen molar-refractivity contribution in [1.29, 1.82) is 0 Å². The summed E-state index contributed by atoms with van der Waals surface area (Å²) < 4.78 is 29.3. The van der Waals surface area contributed by atoms with Crippen LogP contribution in [-0.4, -0.2) is 20.4 Å². The molecule has 4 saturated carbocycles. The minimum Gasteiger partial charge on any atom is -0.349 e. The highest BCUT2D eigenvalue weighted by atomic mass is 32.2. The molecule has 4 fully saturated rings. The number of anilines is 1. The summed E-state index contributed by atoms with van der Waals surface area (Å²) in [6, 6.07) is 25.2. The molecule has 3 aromatic carbocycles. The maximum atomic E-state index is 14.0. The summed E-state index contributed by atoms with van der Waals surface area (Å²) in [6.07, 6.45) is 7.71. The molecule has 1 N–H and O–H groups in total. The number of rotatable bonds is 8. The van der Waals surface area contributed by atoms with E-state index >= 15 is 0 Å². The second-order valence-corrected chi connectivity index (χ2v) is 13.7. The van der Waals surface area contributed by atoms with Gasteiger partial charge in [0.2, 0.25) is 0 Å². The van der Waals surface area contributed by atoms with Crippen LogP contribution in [0.4, 0.5) is 5.69 Å². The van der Waals surface area contributed by atoms with Gasteiger partial charge in [-0.25, -0.2) is 8.42 Å². The van der Waals surface area contributed by atoms with Crippen molar-refractivity contribution in [2.75, 3.05) is 4.31 Å². The average molecular weight is 529 g/mol. The molecule has 0 heterocycles. The monoisotopic (exact) mass is 528 g/mol. The van der Waals surface area contributed by atoms with Gasteiger partial charge in [-0.05, 0) is 105 Å². The van der Waals surface area contributed by atoms with Gasteiger partial charge in [0.05, 0.1) is 17.1 Å². The first-order chi connectivity index (χ1) is 18.3. The molecule has 6 heteroatoms. The van der Waals surface area contributed by atoms with E-state index in [1.165, 1.54) is 48.9 Å². The lowest BCUT2D eigenvalue weighted by Gasteiger charge is -2.59. The van der Waals surface area contributed by atoms with Crippen LogP contribution in [0.1, 0.15) is 61.4 Å². The molecule has 38 heavy (non-hydrogen) atoms. The lowest BCUT2D eigenvalue weighted by molar-refractivity contribution is -0.0688. The fourth-order valence-corrected chi connectivity index (χ4v) is 9.22. The molecule has 0 aliphatic heterocycles. The lowest BCUT2D eigenvalue weighted by atomic mass is 9.48. The van der Waals surface area contributed by atoms with E-state index in [0.29, 0.717) is 11.3 Å². The van der Waals surface area contributed by atoms with Gasteiger partial charge in [0.1, 0.15) is 0 Å². The maximum Gasteiger partial charge on any atom is 0.264 e. The molecule has 1 amide bonds. The number of carbonyl (C=O) groups is 1. The number of nitrogens with zero attached hydrogens (tertiary/aromatic N) is 1. The highest BCUT2D eigenvalue weighted by Gasteiger charge is 2.53. The van der Waals surface area contributed by atoms with Gasteiger partial charge in [0.25, 0.3) is 15.9 Å². The van der Waals surface area contributed by atoms with E-state index in [0.717, 1.165) is 23.3 Å². The van der Waals surface area contributed by atoms with Gasteiger partial charge in [-0.1, -0.05) is 54.6 Å². The van der Waals surface area contributed by atoms with E-state index in [-0.39, 0.29) is 28.8 Å². The summed E-state index contributed by atoms with van der Waals surface area (Å²) in [5.74, 6) is 2.23. The van der Waals surface area contributed by atoms with Crippen LogP contribution in [0, 0.1) is 23.2 Å². The van der Waals surface area contributed by atoms with Crippen LogP contribution in [0.25, 0.3) is 0 Å². The molecule has 5 nitrogen and oxygen atoms in total. The third kappa shape index (κ3) is 4.75. The summed E-state index contributed by atoms with van der Waals surface area (Å²) >= 11 is 0. The molecular formula is C32H36N2O3S. The van der Waals surface area contributed by atoms with E-state index in [1.807, 2.05) is 48.5 Å². The van der Waals surface area contributed by atoms with Crippen LogP contribution in [-0.2, 0) is 16.6 Å². The Morgan fingerprint density at radius 2 is 1.45 bits per heavy atom. The molecule has 198 valence electrons. The number of nitrogens with one attached hydrogen (secondary N) is 1. The van der Waals surface area contributed by atoms with Crippen molar-refractivity contribution in [2.24, 2.45) is 23.2 Å². The Labute approximate surface area is 226 Å². The first kappa shape index (κ1) is 25.2. The molecule has 4 aliphatic carbocycles. The average Bonchev–Trinajstić information content (AvgIpc) is 2.92. The summed E-state index contributed by atoms with van der Waals surface area (Å²) in [6.45, 7) is 2.36. The van der Waals surface area contributed by atoms with E-state index in [2.05, 4.69) is 12.2 Å². The summed E-state index contributed by atoms with van der Waals surface area (Å²) in [5.41, 5.74) is 2.05. The van der Waals surface area contributed by atoms with Crippen LogP contribution in [0.2, 0.25) is 0 Å². The van der Waals surface area contributed by atoms with Gasteiger partial charge in [0.15, 0.2) is 0 Å². The SMILES string of the molecule is CC(NC(=O)c1cccc(S(=O)(=O)N(Cc2ccccc2)c2ccccc2)c1)C12CC3CC(CC(C3)C1)C2. The summed E-state index contributed by atoms with van der Waals surface area (Å²) in [5, 5.41) is 3.29. The van der Waals surface area contributed by atoms with E-state index in [4.69, 9.17) is 0 Å². The van der Waals surface area contributed by atoms with E-state index < -0.39 is 10.0 Å². The zero-order valence-corrected chi connectivity index (χ0v) is 22.7. The van der Waals surface area contributed by atoms with E-state index in [1.54, 1.807) is 30.3 Å². The molecular weight excluding hydrogens is 492 g/mol. The van der Waals surface area contributed by atoms with Crippen molar-refractivity contribution in [2.45, 2.75) is 62.9 Å². The largest absolute Gasteiger partial charge is 0.349 e. The zero-order valence-electron chi connectivity index (χ0n) is 21.9. The Morgan fingerprint density at radius 1 is 0.868 bits per heavy atom. The molecule has 4 bridgehead atoms. The zero-order chi connectivity index (χ0) is 26.3. The van der Waals surface area contributed by atoms with E-state index in [9.17, 15) is 13.2 Å². The third-order valence-electron chi connectivity index (χ3n) is 9.25. The number of hydrogen-bond donors (Lipinski definition) is 1. The second-order valence-electron chi connectivity index (χ2n) is 11.8. The van der Waals surface area contributed by atoms with Crippen molar-refractivity contribution in [1.82, 2.24) is 5.32 Å². The summed E-state index contributed by atoms with van der Waals surface area (Å²) in [7, 11) is -3.92. The van der Waals surface area contributed by atoms with Crippen molar-refractivity contribution in [3.8, 4) is 0 Å². The minimum absolute atomic E-state index is 0.0718. The molecule has 7 rings (SSSR count). The van der Waals surface area contributed by atoms with Gasteiger partial charge in [0, 0.05) is 11.6 Å². The standard InChI is InChI=1S/C32H36N2O3S/c1-23(32-19-25-15-26(20-32)17-27(16-25)21-32)33-31(35)28-11-8-14-30(18-28)38(36,37)34(29-12-6-3-7-13-29)22-24-9-4-2-5-10-24/h2-14,18,23,25-27H,15-17,19-22H2,1H3,(H,33,35). The summed E-state index contributed by atoms with van der Waals surface area (Å²) in [4.78, 5) is 13.6. The minimum atomic E-state index is -3.92. The molecule has 0 spiro atoms. The second kappa shape index (κ2) is 9.88. The lowest BCUT2D eigenvalue weighted by Crippen LogP contribution is -2.55. The predicted molar refractivity (Wildman–Crippen MR) is 150 cm³/mol. The van der Waals surface area contributed by atoms with Crippen LogP contribution < -0.4 is 9.62 Å². The molecule has 0 radical (unpaired) electrons. The number of carbonyl (C=O) groups excluding carboxylic acids is 1. The molecule has 3 aromatic rings. The quantitative estimate of drug-likeness (QED) is 0.367. The number of hydrogen-bond acceptors (Lipinski definition) is 3. The fraction of sp³-hybridized carbons (Fsp3) is 0.406. The number of sulfonamides is 1. The normalized spacial score (nSPS) is 26.6. The van der Waals surface area contributed by atoms with Crippen molar-refractivity contribution in [3.05, 3.63) is 96.1 Å². The molecule has 1 unspecified atom stereocenters. The van der Waals surface area contributed by atoms with Crippen LogP contribution >= 0.6 is 0 Å². The Morgan fingerprint density at radius 3 is 2.05 bits per heavy atom. The van der Waals surface area contributed by atoms with Crippen molar-refractivity contribution < 1.29 is 13.2 Å². The number of para-hydroxylation sites is 1. The topological polar surface area (TPSA) is 66.5 Å². The maximum absolute atomic E-state index is 14.0. The van der Waals surface area contributed by atoms with Gasteiger partial charge >= 0.3 is 0 Å². The molecule has 0 aromatic heterocycles. The first-order valence-electron chi connectivity index (χ1n) is 13.8. The Bertz CT molecular complexity index is 1370. The van der Waals surface area contributed by atoms with Crippen molar-refractivity contribution in [3.63, 3.8) is 0 Å². The van der Waals surface area contributed by atoms with Gasteiger partial charge in [-0.2, -0.15) is 0 Å². The number of benzene rings is 3. The van der Waals surface area contributed by atoms with Gasteiger partial charge in [-0.15, -0.1) is 0 Å². The Kier molecular flexibility index (Phi) is 6.55. The predicted octanol–water partition coefficient (Wildman–Crippen LogP) is 6.42. The van der Waals surface area contributed by atoms with Crippen molar-refractivity contribution >= 4 is 21.6 Å². The Hall–Kier alpha value is -3.12. The molecule has 4 aliphatic rings. The number of amides is 1. The third-order valence-corrected chi connectivity index (χ3v) is 11.0. The van der Waals surface area contributed by atoms with Crippen LogP contribution in [0.3, 0.4) is 0 Å². The van der Waals surface area contributed by atoms with Gasteiger partial charge in [-0.3, -0.25) is 9.10 Å². The smallest absolute Gasteiger partial charge is 0.264 e.